The molecule has 17 heteroatoms. The third kappa shape index (κ3) is 7.49. The van der Waals surface area contributed by atoms with Gasteiger partial charge in [0.25, 0.3) is 0 Å². The number of hydrogen-bond acceptors (Lipinski definition) is 17. The number of aliphatic hydroxyl groups excluding tert-OH is 9. The lowest BCUT2D eigenvalue weighted by Crippen LogP contribution is -2.67. The number of allylic oxidation sites excluding steroid dienone is 1. The van der Waals surface area contributed by atoms with Gasteiger partial charge in [-0.15, -0.1) is 0 Å². The van der Waals surface area contributed by atoms with Gasteiger partial charge >= 0.3 is 0 Å². The van der Waals surface area contributed by atoms with Gasteiger partial charge in [0.1, 0.15) is 67.1 Å². The Morgan fingerprint density at radius 3 is 2.03 bits per heavy atom. The smallest absolute Gasteiger partial charge is 0.187 e. The topological polar surface area (TPSA) is 256 Å². The molecular formula is C45H72O17. The number of aliphatic hydroxyl groups is 9. The molecule has 0 aromatic carbocycles. The summed E-state index contributed by atoms with van der Waals surface area (Å²) in [5.41, 5.74) is 1.50. The molecule has 26 atom stereocenters. The Labute approximate surface area is 363 Å². The molecule has 0 aromatic heterocycles. The van der Waals surface area contributed by atoms with Crippen molar-refractivity contribution >= 4 is 0 Å². The fourth-order valence-electron chi connectivity index (χ4n) is 14.0. The van der Waals surface area contributed by atoms with Gasteiger partial charge in [0.2, 0.25) is 0 Å². The molecule has 62 heavy (non-hydrogen) atoms. The Kier molecular flexibility index (Phi) is 12.9. The summed E-state index contributed by atoms with van der Waals surface area (Å²) >= 11 is 0. The van der Waals surface area contributed by atoms with Gasteiger partial charge in [-0.1, -0.05) is 39.3 Å². The molecule has 8 fully saturated rings. The van der Waals surface area contributed by atoms with E-state index < -0.39 is 111 Å². The van der Waals surface area contributed by atoms with Gasteiger partial charge in [-0.25, -0.2) is 0 Å². The second kappa shape index (κ2) is 17.3. The van der Waals surface area contributed by atoms with Crippen molar-refractivity contribution in [2.24, 2.45) is 46.3 Å². The highest BCUT2D eigenvalue weighted by molar-refractivity contribution is 5.26. The van der Waals surface area contributed by atoms with Gasteiger partial charge in [0.05, 0.1) is 38.1 Å². The summed E-state index contributed by atoms with van der Waals surface area (Å²) in [4.78, 5) is 0. The van der Waals surface area contributed by atoms with E-state index >= 15 is 0 Å². The Balaban J connectivity index is 0.909. The fraction of sp³-hybridized carbons (Fsp3) is 0.956. The lowest BCUT2D eigenvalue weighted by atomic mass is 9.47. The number of hydrogen-bond donors (Lipinski definition) is 9. The van der Waals surface area contributed by atoms with Gasteiger partial charge in [0.15, 0.2) is 24.7 Å². The quantitative estimate of drug-likeness (QED) is 0.148. The molecule has 3 saturated carbocycles. The van der Waals surface area contributed by atoms with Crippen molar-refractivity contribution in [2.45, 2.75) is 203 Å². The third-order valence-electron chi connectivity index (χ3n) is 17.7. The molecule has 9 aliphatic rings. The summed E-state index contributed by atoms with van der Waals surface area (Å²) in [5.74, 6) is 2.59. The lowest BCUT2D eigenvalue weighted by molar-refractivity contribution is -0.388. The van der Waals surface area contributed by atoms with Crippen molar-refractivity contribution in [3.05, 3.63) is 11.6 Å². The van der Waals surface area contributed by atoms with Gasteiger partial charge in [0, 0.05) is 12.3 Å². The Morgan fingerprint density at radius 1 is 0.677 bits per heavy atom. The van der Waals surface area contributed by atoms with Crippen molar-refractivity contribution in [1.82, 2.24) is 0 Å². The maximum absolute atomic E-state index is 12.0. The van der Waals surface area contributed by atoms with Crippen molar-refractivity contribution in [3.8, 4) is 0 Å². The number of fused-ring (bicyclic) bond motifs is 7. The maximum atomic E-state index is 12.0. The van der Waals surface area contributed by atoms with E-state index in [-0.39, 0.29) is 23.0 Å². The van der Waals surface area contributed by atoms with Crippen molar-refractivity contribution in [3.63, 3.8) is 0 Å². The van der Waals surface area contributed by atoms with Crippen LogP contribution < -0.4 is 0 Å². The molecule has 17 nitrogen and oxygen atoms in total. The molecule has 0 aromatic rings. The van der Waals surface area contributed by atoms with Crippen LogP contribution in [0.2, 0.25) is 0 Å². The number of rotatable bonds is 8. The summed E-state index contributed by atoms with van der Waals surface area (Å²) in [6.45, 7) is 10.4. The summed E-state index contributed by atoms with van der Waals surface area (Å²) in [6, 6.07) is 0. The summed E-state index contributed by atoms with van der Waals surface area (Å²) < 4.78 is 49.8. The molecule has 9 N–H and O–H groups in total. The Hall–Kier alpha value is -0.940. The Morgan fingerprint density at radius 2 is 1.34 bits per heavy atom. The van der Waals surface area contributed by atoms with Crippen LogP contribution in [0.15, 0.2) is 11.6 Å². The van der Waals surface area contributed by atoms with Crippen molar-refractivity contribution < 1.29 is 83.9 Å². The van der Waals surface area contributed by atoms with Crippen LogP contribution >= 0.6 is 0 Å². The van der Waals surface area contributed by atoms with E-state index in [1.165, 1.54) is 12.5 Å². The van der Waals surface area contributed by atoms with E-state index in [1.807, 2.05) is 0 Å². The molecule has 5 aliphatic heterocycles. The predicted octanol–water partition coefficient (Wildman–Crippen LogP) is 0.214. The molecule has 9 rings (SSSR count). The summed E-state index contributed by atoms with van der Waals surface area (Å²) in [7, 11) is 0. The van der Waals surface area contributed by atoms with Crippen LogP contribution in [0, 0.1) is 46.3 Å². The van der Waals surface area contributed by atoms with Gasteiger partial charge in [-0.3, -0.25) is 0 Å². The minimum Gasteiger partial charge on any atom is -0.394 e. The second-order valence-corrected chi connectivity index (χ2v) is 21.1. The van der Waals surface area contributed by atoms with Crippen molar-refractivity contribution in [2.75, 3.05) is 19.8 Å². The van der Waals surface area contributed by atoms with E-state index in [2.05, 4.69) is 33.8 Å². The minimum atomic E-state index is -1.84. The normalized spacial score (nSPS) is 57.6. The molecule has 5 heterocycles. The first-order valence-electron chi connectivity index (χ1n) is 23.4. The zero-order valence-corrected chi connectivity index (χ0v) is 36.6. The largest absolute Gasteiger partial charge is 0.394 e. The molecular weight excluding hydrogens is 812 g/mol. The van der Waals surface area contributed by atoms with Crippen LogP contribution in [0.3, 0.4) is 0 Å². The Bertz CT molecular complexity index is 1610. The number of ether oxygens (including phenoxy) is 8. The standard InChI is InChI=1S/C45H72O17/c1-19-8-13-45(55-18-19)20(2)30-27(62-45)15-26-24-7-6-22-14-23(9-11-43(22,4)25(24)10-12-44(26,30)5)57-42-37(54)39(61-41-36(53)34(51)32(49)28(16-46)58-41)38(29(17-47)59-42)60-40-35(52)33(50)31(48)21(3)56-40/h6,19-21,23-42,46-54H,7-18H2,1-5H3/t19-,20+,21+,23+,24-,25+,26+,27+,28+,29-,30+,31+,32+,33-,34-,35-,36+,37-,38-,39-,40+,41+,42-,43+,44+,45-/m1/s1. The van der Waals surface area contributed by atoms with Gasteiger partial charge in [-0.2, -0.15) is 0 Å². The van der Waals surface area contributed by atoms with Gasteiger partial charge in [-0.05, 0) is 98.7 Å². The third-order valence-corrected chi connectivity index (χ3v) is 17.7. The highest BCUT2D eigenvalue weighted by atomic mass is 16.8. The monoisotopic (exact) mass is 884 g/mol. The molecule has 0 bridgehead atoms. The predicted molar refractivity (Wildman–Crippen MR) is 214 cm³/mol. The zero-order chi connectivity index (χ0) is 44.2. The molecule has 0 radical (unpaired) electrons. The first-order valence-corrected chi connectivity index (χ1v) is 23.4. The molecule has 0 amide bonds. The molecule has 4 aliphatic carbocycles. The highest BCUT2D eigenvalue weighted by Gasteiger charge is 2.69. The van der Waals surface area contributed by atoms with Crippen molar-refractivity contribution in [1.29, 1.82) is 0 Å². The lowest BCUT2D eigenvalue weighted by Gasteiger charge is -2.58. The maximum Gasteiger partial charge on any atom is 0.187 e. The van der Waals surface area contributed by atoms with E-state index in [4.69, 9.17) is 37.9 Å². The van der Waals surface area contributed by atoms with Gasteiger partial charge < -0.3 is 83.9 Å². The highest BCUT2D eigenvalue weighted by Crippen LogP contribution is 2.70. The SMILES string of the molecule is C[C@@H]1CC[C@@]2(OC1)O[C@H]1C[C@H]3[C@@H]4CC=C5C[C@@H](O[C@@H]6O[C@H](CO)[C@@H](O[C@@H]7O[C@@H](C)[C@H](O)[C@@H](O)[C@H]7O)[C@H](O[C@@H]7O[C@@H](CO)[C@H](O)[C@@H](O)[C@@H]7O)[C@H]6O)CC[C@]5(C)[C@H]4CC[C@]3(C)[C@H]1[C@@H]2C. The fourth-order valence-corrected chi connectivity index (χ4v) is 14.0. The van der Waals surface area contributed by atoms with Crippen LogP contribution in [0.1, 0.15) is 92.4 Å². The van der Waals surface area contributed by atoms with E-state index in [0.29, 0.717) is 48.3 Å². The summed E-state index contributed by atoms with van der Waals surface area (Å²) in [6.07, 6.45) is -12.2. The van der Waals surface area contributed by atoms with E-state index in [1.54, 1.807) is 0 Å². The molecule has 354 valence electrons. The average molecular weight is 885 g/mol. The second-order valence-electron chi connectivity index (χ2n) is 21.1. The van der Waals surface area contributed by atoms with Crippen LogP contribution in [-0.4, -0.2) is 176 Å². The minimum absolute atomic E-state index is 0.0262. The van der Waals surface area contributed by atoms with Crippen LogP contribution in [0.4, 0.5) is 0 Å². The average Bonchev–Trinajstić information content (AvgIpc) is 3.70. The van der Waals surface area contributed by atoms with E-state index in [0.717, 1.165) is 51.6 Å². The first-order chi connectivity index (χ1) is 29.4. The zero-order valence-electron chi connectivity index (χ0n) is 36.6. The molecule has 5 saturated heterocycles. The molecule has 0 unspecified atom stereocenters. The van der Waals surface area contributed by atoms with Crippen LogP contribution in [-0.2, 0) is 37.9 Å². The summed E-state index contributed by atoms with van der Waals surface area (Å²) in [5, 5.41) is 96.0. The van der Waals surface area contributed by atoms with Crippen LogP contribution in [0.5, 0.6) is 0 Å². The molecule has 1 spiro atoms. The van der Waals surface area contributed by atoms with E-state index in [9.17, 15) is 46.0 Å². The van der Waals surface area contributed by atoms with Crippen LogP contribution in [0.25, 0.3) is 0 Å². The first kappa shape index (κ1) is 46.2.